The predicted molar refractivity (Wildman–Crippen MR) is 125 cm³/mol. The number of anilines is 2. The molecule has 2 aliphatic rings. The summed E-state index contributed by atoms with van der Waals surface area (Å²) in [7, 11) is 0. The summed E-state index contributed by atoms with van der Waals surface area (Å²) in [5, 5.41) is 14.2. The zero-order chi connectivity index (χ0) is 23.5. The molecular weight excluding hydrogens is 424 g/mol. The van der Waals surface area contributed by atoms with Gasteiger partial charge in [0.15, 0.2) is 6.10 Å². The first kappa shape index (κ1) is 22.6. The Bertz CT molecular complexity index is 1080. The molecular formula is C24H28N4O5. The summed E-state index contributed by atoms with van der Waals surface area (Å²) >= 11 is 0. The van der Waals surface area contributed by atoms with Crippen molar-refractivity contribution in [2.45, 2.75) is 39.2 Å². The number of aryl methyl sites for hydroxylation is 2. The molecule has 0 bridgehead atoms. The van der Waals surface area contributed by atoms with Crippen molar-refractivity contribution in [3.8, 4) is 5.75 Å². The molecule has 2 aliphatic heterocycles. The Hall–Kier alpha value is -3.62. The van der Waals surface area contributed by atoms with E-state index in [9.17, 15) is 19.7 Å². The average molecular weight is 453 g/mol. The zero-order valence-corrected chi connectivity index (χ0v) is 18.9. The van der Waals surface area contributed by atoms with Crippen molar-refractivity contribution in [3.05, 3.63) is 57.6 Å². The molecule has 9 nitrogen and oxygen atoms in total. The first-order valence-electron chi connectivity index (χ1n) is 11.2. The van der Waals surface area contributed by atoms with Crippen LogP contribution in [0.25, 0.3) is 0 Å². The van der Waals surface area contributed by atoms with E-state index in [1.54, 1.807) is 24.0 Å². The van der Waals surface area contributed by atoms with E-state index in [1.807, 2.05) is 30.0 Å². The smallest absolute Gasteiger partial charge is 0.293 e. The maximum atomic E-state index is 13.1. The summed E-state index contributed by atoms with van der Waals surface area (Å²) in [6.07, 6.45) is 2.38. The van der Waals surface area contributed by atoms with Gasteiger partial charge in [0.25, 0.3) is 11.6 Å². The van der Waals surface area contributed by atoms with Gasteiger partial charge < -0.3 is 19.9 Å². The van der Waals surface area contributed by atoms with Crippen molar-refractivity contribution in [1.29, 1.82) is 0 Å². The standard InChI is InChI=1S/C24H28N4O5/c1-16-12-18(20(28(31)32)13-17(16)2)25-23(29)15-27-14-22(24(30)26-10-6-3-7-11-26)33-21-9-5-4-8-19(21)27/h4-5,8-9,12-13,22H,3,6-7,10-11,14-15H2,1-2H3,(H,25,29)/t22-/m1/s1. The molecule has 2 heterocycles. The van der Waals surface area contributed by atoms with Crippen LogP contribution in [0.4, 0.5) is 17.1 Å². The first-order chi connectivity index (χ1) is 15.8. The topological polar surface area (TPSA) is 105 Å². The van der Waals surface area contributed by atoms with Gasteiger partial charge in [-0.05, 0) is 62.4 Å². The van der Waals surface area contributed by atoms with E-state index in [-0.39, 0.29) is 30.4 Å². The number of ether oxygens (including phenoxy) is 1. The number of hydrogen-bond donors (Lipinski definition) is 1. The van der Waals surface area contributed by atoms with Crippen molar-refractivity contribution >= 4 is 28.9 Å². The van der Waals surface area contributed by atoms with Crippen LogP contribution in [0.5, 0.6) is 5.75 Å². The number of carbonyl (C=O) groups is 2. The van der Waals surface area contributed by atoms with Gasteiger partial charge in [0.05, 0.1) is 23.7 Å². The Morgan fingerprint density at radius 1 is 1.12 bits per heavy atom. The van der Waals surface area contributed by atoms with Crippen molar-refractivity contribution in [3.63, 3.8) is 0 Å². The lowest BCUT2D eigenvalue weighted by molar-refractivity contribution is -0.384. The maximum Gasteiger partial charge on any atom is 0.293 e. The third kappa shape index (κ3) is 4.92. The van der Waals surface area contributed by atoms with Crippen LogP contribution >= 0.6 is 0 Å². The van der Waals surface area contributed by atoms with Crippen LogP contribution in [0.2, 0.25) is 0 Å². The summed E-state index contributed by atoms with van der Waals surface area (Å²) in [5.74, 6) is 0.0747. The van der Waals surface area contributed by atoms with E-state index in [2.05, 4.69) is 5.32 Å². The number of nitro groups is 1. The molecule has 1 saturated heterocycles. The molecule has 0 saturated carbocycles. The number of likely N-dealkylation sites (tertiary alicyclic amines) is 1. The maximum absolute atomic E-state index is 13.1. The van der Waals surface area contributed by atoms with Crippen LogP contribution in [0, 0.1) is 24.0 Å². The van der Waals surface area contributed by atoms with E-state index >= 15 is 0 Å². The highest BCUT2D eigenvalue weighted by Gasteiger charge is 2.34. The Morgan fingerprint density at radius 3 is 2.55 bits per heavy atom. The molecule has 2 amide bonds. The number of hydrogen-bond acceptors (Lipinski definition) is 6. The van der Waals surface area contributed by atoms with E-state index in [0.717, 1.165) is 43.5 Å². The second kappa shape index (κ2) is 9.48. The van der Waals surface area contributed by atoms with Gasteiger partial charge >= 0.3 is 0 Å². The molecule has 0 spiro atoms. The third-order valence-electron chi connectivity index (χ3n) is 6.22. The molecule has 0 aliphatic carbocycles. The lowest BCUT2D eigenvalue weighted by Gasteiger charge is -2.38. The van der Waals surface area contributed by atoms with Crippen molar-refractivity contribution < 1.29 is 19.2 Å². The molecule has 1 fully saturated rings. The molecule has 2 aromatic rings. The quantitative estimate of drug-likeness (QED) is 0.550. The average Bonchev–Trinajstić information content (AvgIpc) is 2.81. The molecule has 2 aromatic carbocycles. The Morgan fingerprint density at radius 2 is 1.82 bits per heavy atom. The molecule has 9 heteroatoms. The summed E-state index contributed by atoms with van der Waals surface area (Å²) < 4.78 is 6.00. The molecule has 1 atom stereocenters. The third-order valence-corrected chi connectivity index (χ3v) is 6.22. The van der Waals surface area contributed by atoms with E-state index in [0.29, 0.717) is 11.4 Å². The normalized spacial score (nSPS) is 17.7. The molecule has 1 N–H and O–H groups in total. The van der Waals surface area contributed by atoms with Crippen LogP contribution < -0.4 is 15.0 Å². The van der Waals surface area contributed by atoms with E-state index < -0.39 is 16.9 Å². The van der Waals surface area contributed by atoms with Gasteiger partial charge in [-0.2, -0.15) is 0 Å². The fraction of sp³-hybridized carbons (Fsp3) is 0.417. The van der Waals surface area contributed by atoms with E-state index in [4.69, 9.17) is 4.74 Å². The highest BCUT2D eigenvalue weighted by molar-refractivity contribution is 5.97. The minimum absolute atomic E-state index is 0.0613. The number of carbonyl (C=O) groups excluding carboxylic acids is 2. The molecule has 4 rings (SSSR count). The monoisotopic (exact) mass is 452 g/mol. The van der Waals surface area contributed by atoms with Crippen LogP contribution in [0.15, 0.2) is 36.4 Å². The molecule has 0 unspecified atom stereocenters. The minimum Gasteiger partial charge on any atom is -0.477 e. The van der Waals surface area contributed by atoms with E-state index in [1.165, 1.54) is 6.07 Å². The number of amides is 2. The van der Waals surface area contributed by atoms with Gasteiger partial charge in [-0.3, -0.25) is 19.7 Å². The molecule has 0 aromatic heterocycles. The number of para-hydroxylation sites is 2. The fourth-order valence-corrected chi connectivity index (χ4v) is 4.32. The Balaban J connectivity index is 1.53. The van der Waals surface area contributed by atoms with Crippen molar-refractivity contribution in [2.24, 2.45) is 0 Å². The lowest BCUT2D eigenvalue weighted by Crippen LogP contribution is -2.52. The predicted octanol–water partition coefficient (Wildman–Crippen LogP) is 3.43. The number of benzene rings is 2. The minimum atomic E-state index is -0.707. The number of nitrogens with zero attached hydrogens (tertiary/aromatic N) is 3. The summed E-state index contributed by atoms with van der Waals surface area (Å²) in [5.41, 5.74) is 2.35. The molecule has 0 radical (unpaired) electrons. The van der Waals surface area contributed by atoms with Crippen molar-refractivity contribution in [2.75, 3.05) is 36.4 Å². The van der Waals surface area contributed by atoms with Gasteiger partial charge in [0, 0.05) is 19.2 Å². The largest absolute Gasteiger partial charge is 0.477 e. The summed E-state index contributed by atoms with van der Waals surface area (Å²) in [4.78, 5) is 40.6. The number of nitrogens with one attached hydrogen (secondary N) is 1. The first-order valence-corrected chi connectivity index (χ1v) is 11.2. The number of fused-ring (bicyclic) bond motifs is 1. The van der Waals surface area contributed by atoms with Crippen LogP contribution in [0.3, 0.4) is 0 Å². The van der Waals surface area contributed by atoms with Gasteiger partial charge in [-0.15, -0.1) is 0 Å². The zero-order valence-electron chi connectivity index (χ0n) is 18.9. The fourth-order valence-electron chi connectivity index (χ4n) is 4.32. The van der Waals surface area contributed by atoms with Crippen LogP contribution in [0.1, 0.15) is 30.4 Å². The Kier molecular flexibility index (Phi) is 6.48. The van der Waals surface area contributed by atoms with Gasteiger partial charge in [0.1, 0.15) is 11.4 Å². The van der Waals surface area contributed by atoms with Gasteiger partial charge in [0.2, 0.25) is 5.91 Å². The molecule has 174 valence electrons. The summed E-state index contributed by atoms with van der Waals surface area (Å²) in [6.45, 7) is 5.24. The second-order valence-corrected chi connectivity index (χ2v) is 8.60. The van der Waals surface area contributed by atoms with Gasteiger partial charge in [-0.1, -0.05) is 12.1 Å². The lowest BCUT2D eigenvalue weighted by atomic mass is 10.1. The highest BCUT2D eigenvalue weighted by atomic mass is 16.6. The highest BCUT2D eigenvalue weighted by Crippen LogP contribution is 2.34. The van der Waals surface area contributed by atoms with Crippen molar-refractivity contribution in [1.82, 2.24) is 4.90 Å². The number of nitro benzene ring substituents is 1. The number of piperidine rings is 1. The van der Waals surface area contributed by atoms with Crippen LogP contribution in [-0.2, 0) is 9.59 Å². The number of rotatable bonds is 5. The molecule has 33 heavy (non-hydrogen) atoms. The SMILES string of the molecule is Cc1cc(NC(=O)CN2C[C@H](C(=O)N3CCCCC3)Oc3ccccc32)c([N+](=O)[O-])cc1C. The van der Waals surface area contributed by atoms with Crippen LogP contribution in [-0.4, -0.2) is 53.9 Å². The Labute approximate surface area is 192 Å². The summed E-state index contributed by atoms with van der Waals surface area (Å²) in [6, 6.07) is 10.4. The second-order valence-electron chi connectivity index (χ2n) is 8.60. The van der Waals surface area contributed by atoms with Gasteiger partial charge in [-0.25, -0.2) is 0 Å².